The number of nitrogens with one attached hydrogen (secondary N) is 1. The quantitative estimate of drug-likeness (QED) is 0.815. The van der Waals surface area contributed by atoms with E-state index in [1.165, 1.54) is 26.4 Å². The first-order valence-electron chi connectivity index (χ1n) is 8.01. The van der Waals surface area contributed by atoms with Crippen molar-refractivity contribution >= 4 is 23.7 Å². The molecule has 2 heterocycles. The Hall–Kier alpha value is -1.66. The van der Waals surface area contributed by atoms with Crippen molar-refractivity contribution in [2.45, 2.75) is 43.3 Å². The van der Waals surface area contributed by atoms with Crippen LogP contribution in [-0.2, 0) is 4.79 Å². The van der Waals surface area contributed by atoms with Gasteiger partial charge >= 0.3 is 0 Å². The average molecular weight is 332 g/mol. The Kier molecular flexibility index (Phi) is 3.73. The molecule has 0 radical (unpaired) electrons. The standard InChI is InChI=1S/C17H20N2O3S/c1-22-14-8-10(6-7-13(14)20)9-15-16(21)19-12-5-3-2-4-11(12)18-17(19)23-15/h6-9,11-12,17-18,20H,2-5H2,1H3/b15-9-. The fourth-order valence-electron chi connectivity index (χ4n) is 3.75. The molecule has 2 aliphatic heterocycles. The number of hydrogen-bond donors (Lipinski definition) is 2. The molecule has 2 N–H and O–H groups in total. The molecule has 23 heavy (non-hydrogen) atoms. The Morgan fingerprint density at radius 2 is 2.22 bits per heavy atom. The van der Waals surface area contributed by atoms with E-state index < -0.39 is 0 Å². The molecule has 122 valence electrons. The summed E-state index contributed by atoms with van der Waals surface area (Å²) in [5.74, 6) is 0.641. The van der Waals surface area contributed by atoms with E-state index in [9.17, 15) is 9.90 Å². The molecule has 6 heteroatoms. The molecule has 1 aromatic carbocycles. The van der Waals surface area contributed by atoms with E-state index in [1.54, 1.807) is 30.0 Å². The summed E-state index contributed by atoms with van der Waals surface area (Å²) < 4.78 is 5.13. The van der Waals surface area contributed by atoms with Crippen LogP contribution < -0.4 is 10.1 Å². The number of amides is 1. The molecule has 0 spiro atoms. The Bertz CT molecular complexity index is 676. The number of methoxy groups -OCH3 is 1. The number of aromatic hydroxyl groups is 1. The van der Waals surface area contributed by atoms with Gasteiger partial charge in [0.05, 0.1) is 12.0 Å². The second-order valence-corrected chi connectivity index (χ2v) is 7.37. The van der Waals surface area contributed by atoms with Crippen molar-refractivity contribution in [1.82, 2.24) is 10.2 Å². The number of carbonyl (C=O) groups excluding carboxylic acids is 1. The van der Waals surface area contributed by atoms with Crippen LogP contribution in [0.3, 0.4) is 0 Å². The second kappa shape index (κ2) is 5.76. The fourth-order valence-corrected chi connectivity index (χ4v) is 5.01. The van der Waals surface area contributed by atoms with Crippen molar-refractivity contribution in [3.05, 3.63) is 28.7 Å². The van der Waals surface area contributed by atoms with Gasteiger partial charge in [-0.25, -0.2) is 0 Å². The highest BCUT2D eigenvalue weighted by atomic mass is 32.2. The molecule has 3 unspecified atom stereocenters. The summed E-state index contributed by atoms with van der Waals surface area (Å²) in [7, 11) is 1.52. The molecule has 2 saturated heterocycles. The van der Waals surface area contributed by atoms with Gasteiger partial charge in [-0.2, -0.15) is 0 Å². The largest absolute Gasteiger partial charge is 0.504 e. The van der Waals surface area contributed by atoms with Crippen molar-refractivity contribution in [2.75, 3.05) is 7.11 Å². The lowest BCUT2D eigenvalue weighted by Gasteiger charge is -2.29. The maximum absolute atomic E-state index is 12.8. The summed E-state index contributed by atoms with van der Waals surface area (Å²) in [4.78, 5) is 15.6. The van der Waals surface area contributed by atoms with Gasteiger partial charge in [0.1, 0.15) is 5.50 Å². The number of fused-ring (bicyclic) bond motifs is 3. The molecule has 3 aliphatic rings. The maximum Gasteiger partial charge on any atom is 0.262 e. The lowest BCUT2D eigenvalue weighted by Crippen LogP contribution is -2.40. The molecule has 0 aromatic heterocycles. The highest BCUT2D eigenvalue weighted by Crippen LogP contribution is 2.43. The molecular formula is C17H20N2O3S. The van der Waals surface area contributed by atoms with E-state index >= 15 is 0 Å². The van der Waals surface area contributed by atoms with Crippen molar-refractivity contribution in [3.63, 3.8) is 0 Å². The lowest BCUT2D eigenvalue weighted by atomic mass is 9.91. The van der Waals surface area contributed by atoms with Gasteiger partial charge in [0.25, 0.3) is 5.91 Å². The summed E-state index contributed by atoms with van der Waals surface area (Å²) in [6, 6.07) is 5.93. The predicted octanol–water partition coefficient (Wildman–Crippen LogP) is 2.52. The highest BCUT2D eigenvalue weighted by molar-refractivity contribution is 8.05. The van der Waals surface area contributed by atoms with Crippen molar-refractivity contribution in [1.29, 1.82) is 0 Å². The summed E-state index contributed by atoms with van der Waals surface area (Å²) >= 11 is 1.59. The fraction of sp³-hybridized carbons (Fsp3) is 0.471. The molecule has 4 rings (SSSR count). The van der Waals surface area contributed by atoms with E-state index in [0.717, 1.165) is 16.9 Å². The summed E-state index contributed by atoms with van der Waals surface area (Å²) in [6.07, 6.45) is 6.61. The summed E-state index contributed by atoms with van der Waals surface area (Å²) in [5.41, 5.74) is 0.928. The topological polar surface area (TPSA) is 61.8 Å². The van der Waals surface area contributed by atoms with Crippen LogP contribution in [0.4, 0.5) is 0 Å². The third kappa shape index (κ3) is 2.50. The van der Waals surface area contributed by atoms with Gasteiger partial charge in [-0.3, -0.25) is 10.1 Å². The first-order valence-corrected chi connectivity index (χ1v) is 8.89. The number of carbonyl (C=O) groups is 1. The third-order valence-electron chi connectivity index (χ3n) is 4.88. The molecule has 1 aliphatic carbocycles. The van der Waals surface area contributed by atoms with Gasteiger partial charge in [-0.05, 0) is 36.6 Å². The van der Waals surface area contributed by atoms with Crippen LogP contribution in [0.25, 0.3) is 6.08 Å². The zero-order chi connectivity index (χ0) is 16.0. The van der Waals surface area contributed by atoms with Crippen LogP contribution >= 0.6 is 11.8 Å². The lowest BCUT2D eigenvalue weighted by molar-refractivity contribution is -0.127. The third-order valence-corrected chi connectivity index (χ3v) is 6.01. The number of phenolic OH excluding ortho intramolecular Hbond substituents is 1. The van der Waals surface area contributed by atoms with Crippen LogP contribution in [-0.4, -0.2) is 40.6 Å². The Morgan fingerprint density at radius 1 is 1.39 bits per heavy atom. The molecule has 3 fully saturated rings. The van der Waals surface area contributed by atoms with Gasteiger partial charge in [-0.1, -0.05) is 30.7 Å². The second-order valence-electron chi connectivity index (χ2n) is 6.25. The molecule has 1 saturated carbocycles. The summed E-state index contributed by atoms with van der Waals surface area (Å²) in [5, 5.41) is 13.3. The van der Waals surface area contributed by atoms with Crippen LogP contribution in [0, 0.1) is 0 Å². The SMILES string of the molecule is COc1cc(/C=C2\SC3NC4CCCCC4N3C2=O)ccc1O. The minimum Gasteiger partial charge on any atom is -0.504 e. The maximum atomic E-state index is 12.8. The number of rotatable bonds is 2. The van der Waals surface area contributed by atoms with Gasteiger partial charge in [-0.15, -0.1) is 0 Å². The van der Waals surface area contributed by atoms with E-state index in [-0.39, 0.29) is 17.2 Å². The molecule has 5 nitrogen and oxygen atoms in total. The van der Waals surface area contributed by atoms with E-state index in [4.69, 9.17) is 4.74 Å². The van der Waals surface area contributed by atoms with Crippen molar-refractivity contribution in [3.8, 4) is 11.5 Å². The Morgan fingerprint density at radius 3 is 3.04 bits per heavy atom. The normalized spacial score (nSPS) is 31.3. The number of benzene rings is 1. The predicted molar refractivity (Wildman–Crippen MR) is 90.0 cm³/mol. The minimum absolute atomic E-state index is 0.0702. The Balaban J connectivity index is 1.59. The van der Waals surface area contributed by atoms with Crippen molar-refractivity contribution in [2.24, 2.45) is 0 Å². The van der Waals surface area contributed by atoms with Crippen LogP contribution in [0.15, 0.2) is 23.1 Å². The van der Waals surface area contributed by atoms with Gasteiger partial charge < -0.3 is 14.7 Å². The van der Waals surface area contributed by atoms with Gasteiger partial charge in [0.15, 0.2) is 11.5 Å². The van der Waals surface area contributed by atoms with Gasteiger partial charge in [0.2, 0.25) is 0 Å². The average Bonchev–Trinajstić information content (AvgIpc) is 3.06. The van der Waals surface area contributed by atoms with Gasteiger partial charge in [0, 0.05) is 12.1 Å². The molecule has 1 amide bonds. The molecular weight excluding hydrogens is 312 g/mol. The first-order chi connectivity index (χ1) is 11.2. The number of nitrogens with zero attached hydrogens (tertiary/aromatic N) is 1. The van der Waals surface area contributed by atoms with E-state index in [0.29, 0.717) is 17.8 Å². The summed E-state index contributed by atoms with van der Waals surface area (Å²) in [6.45, 7) is 0. The Labute approximate surface area is 139 Å². The zero-order valence-electron chi connectivity index (χ0n) is 13.0. The van der Waals surface area contributed by atoms with Crippen molar-refractivity contribution < 1.29 is 14.6 Å². The number of thioether (sulfide) groups is 1. The minimum atomic E-state index is 0.0702. The van der Waals surface area contributed by atoms with E-state index in [2.05, 4.69) is 5.32 Å². The van der Waals surface area contributed by atoms with Crippen LogP contribution in [0.1, 0.15) is 31.2 Å². The molecule has 3 atom stereocenters. The van der Waals surface area contributed by atoms with Crippen LogP contribution in [0.2, 0.25) is 0 Å². The number of hydrogen-bond acceptors (Lipinski definition) is 5. The van der Waals surface area contributed by atoms with Crippen LogP contribution in [0.5, 0.6) is 11.5 Å². The first kappa shape index (κ1) is 14.9. The number of phenols is 1. The monoisotopic (exact) mass is 332 g/mol. The highest BCUT2D eigenvalue weighted by Gasteiger charge is 2.49. The zero-order valence-corrected chi connectivity index (χ0v) is 13.8. The smallest absolute Gasteiger partial charge is 0.262 e. The number of ether oxygens (including phenoxy) is 1. The molecule has 1 aromatic rings. The molecule has 0 bridgehead atoms. The van der Waals surface area contributed by atoms with E-state index in [1.807, 2.05) is 11.0 Å².